The molecule has 1 amide bonds. The van der Waals surface area contributed by atoms with Crippen molar-refractivity contribution >= 4 is 11.9 Å². The van der Waals surface area contributed by atoms with Gasteiger partial charge in [-0.3, -0.25) is 4.90 Å². The number of hydrogen-bond donors (Lipinski definition) is 3. The Kier molecular flexibility index (Phi) is 5.18. The fourth-order valence-electron chi connectivity index (χ4n) is 2.33. The molecule has 1 heterocycles. The third-order valence-electron chi connectivity index (χ3n) is 3.52. The van der Waals surface area contributed by atoms with E-state index in [9.17, 15) is 9.90 Å². The molecule has 1 aliphatic heterocycles. The molecule has 2 rings (SSSR count). The summed E-state index contributed by atoms with van der Waals surface area (Å²) >= 11 is 0. The highest BCUT2D eigenvalue weighted by Crippen LogP contribution is 2.27. The minimum atomic E-state index is -0.650. The van der Waals surface area contributed by atoms with E-state index in [2.05, 4.69) is 5.16 Å². The molecule has 0 radical (unpaired) electrons. The van der Waals surface area contributed by atoms with Crippen LogP contribution in [-0.4, -0.2) is 52.0 Å². The average Bonchev–Trinajstić information content (AvgIpc) is 2.70. The maximum atomic E-state index is 12.5. The SMILES string of the molecule is CC(C)(C)OC(=O)N1Cc2cc(/C(N)=N\O)ccc2OCC1CO. The quantitative estimate of drug-likeness (QED) is 0.324. The summed E-state index contributed by atoms with van der Waals surface area (Å²) in [5, 5.41) is 21.4. The third kappa shape index (κ3) is 4.08. The average molecular weight is 337 g/mol. The lowest BCUT2D eigenvalue weighted by Crippen LogP contribution is -2.46. The molecule has 1 atom stereocenters. The van der Waals surface area contributed by atoms with Gasteiger partial charge in [0.2, 0.25) is 0 Å². The monoisotopic (exact) mass is 337 g/mol. The zero-order valence-electron chi connectivity index (χ0n) is 14.0. The number of benzene rings is 1. The number of amidine groups is 1. The van der Waals surface area contributed by atoms with Gasteiger partial charge >= 0.3 is 6.09 Å². The van der Waals surface area contributed by atoms with Crippen molar-refractivity contribution in [2.45, 2.75) is 39.0 Å². The van der Waals surface area contributed by atoms with Crippen LogP contribution in [0.2, 0.25) is 0 Å². The number of carbonyl (C=O) groups is 1. The van der Waals surface area contributed by atoms with Crippen LogP contribution in [0.25, 0.3) is 0 Å². The zero-order valence-corrected chi connectivity index (χ0v) is 14.0. The fraction of sp³-hybridized carbons (Fsp3) is 0.500. The van der Waals surface area contributed by atoms with E-state index in [1.807, 2.05) is 0 Å². The molecule has 0 aromatic heterocycles. The first kappa shape index (κ1) is 17.9. The van der Waals surface area contributed by atoms with Crippen LogP contribution in [0.15, 0.2) is 23.4 Å². The Balaban J connectivity index is 2.33. The maximum absolute atomic E-state index is 12.5. The topological polar surface area (TPSA) is 118 Å². The third-order valence-corrected chi connectivity index (χ3v) is 3.52. The number of fused-ring (bicyclic) bond motifs is 1. The van der Waals surface area contributed by atoms with E-state index in [-0.39, 0.29) is 25.6 Å². The molecule has 8 heteroatoms. The molecular formula is C16H23N3O5. The molecule has 1 aromatic carbocycles. The number of oxime groups is 1. The van der Waals surface area contributed by atoms with Crippen LogP contribution in [0.1, 0.15) is 31.9 Å². The first-order chi connectivity index (χ1) is 11.2. The van der Waals surface area contributed by atoms with Crippen molar-refractivity contribution in [1.29, 1.82) is 0 Å². The van der Waals surface area contributed by atoms with E-state index < -0.39 is 17.7 Å². The smallest absolute Gasteiger partial charge is 0.411 e. The summed E-state index contributed by atoms with van der Waals surface area (Å²) in [6.07, 6.45) is -0.535. The summed E-state index contributed by atoms with van der Waals surface area (Å²) in [4.78, 5) is 13.9. The minimum Gasteiger partial charge on any atom is -0.491 e. The van der Waals surface area contributed by atoms with Crippen molar-refractivity contribution in [3.8, 4) is 5.75 Å². The van der Waals surface area contributed by atoms with Crippen molar-refractivity contribution in [3.05, 3.63) is 29.3 Å². The maximum Gasteiger partial charge on any atom is 0.411 e. The summed E-state index contributed by atoms with van der Waals surface area (Å²) in [5.41, 5.74) is 6.15. The van der Waals surface area contributed by atoms with Gasteiger partial charge in [0, 0.05) is 11.1 Å². The molecule has 1 aliphatic rings. The summed E-state index contributed by atoms with van der Waals surface area (Å²) in [7, 11) is 0. The lowest BCUT2D eigenvalue weighted by molar-refractivity contribution is 0.00307. The normalized spacial score (nSPS) is 18.4. The molecule has 0 aliphatic carbocycles. The predicted molar refractivity (Wildman–Crippen MR) is 87.1 cm³/mol. The van der Waals surface area contributed by atoms with Crippen molar-refractivity contribution < 1.29 is 24.6 Å². The van der Waals surface area contributed by atoms with Gasteiger partial charge in [-0.05, 0) is 39.0 Å². The summed E-state index contributed by atoms with van der Waals surface area (Å²) in [6, 6.07) is 4.50. The predicted octanol–water partition coefficient (Wildman–Crippen LogP) is 1.27. The van der Waals surface area contributed by atoms with Gasteiger partial charge in [0.15, 0.2) is 5.84 Å². The molecule has 8 nitrogen and oxygen atoms in total. The van der Waals surface area contributed by atoms with Crippen LogP contribution >= 0.6 is 0 Å². The standard InChI is InChI=1S/C16H23N3O5/c1-16(2,3)24-15(21)19-7-11-6-10(14(17)18-22)4-5-13(11)23-9-12(19)8-20/h4-6,12,20,22H,7-9H2,1-3H3,(H2,17,18). The van der Waals surface area contributed by atoms with E-state index in [4.69, 9.17) is 20.4 Å². The van der Waals surface area contributed by atoms with Gasteiger partial charge < -0.3 is 25.5 Å². The number of carbonyl (C=O) groups excluding carboxylic acids is 1. The van der Waals surface area contributed by atoms with E-state index in [0.29, 0.717) is 16.9 Å². The summed E-state index contributed by atoms with van der Waals surface area (Å²) in [6.45, 7) is 5.40. The second-order valence-electron chi connectivity index (χ2n) is 6.56. The highest BCUT2D eigenvalue weighted by Gasteiger charge is 2.31. The highest BCUT2D eigenvalue weighted by molar-refractivity contribution is 5.97. The Morgan fingerprint density at radius 2 is 2.21 bits per heavy atom. The molecule has 0 spiro atoms. The Morgan fingerprint density at radius 1 is 1.50 bits per heavy atom. The molecule has 1 unspecified atom stereocenters. The highest BCUT2D eigenvalue weighted by atomic mass is 16.6. The number of hydrogen-bond acceptors (Lipinski definition) is 6. The number of amides is 1. The zero-order chi connectivity index (χ0) is 17.9. The van der Waals surface area contributed by atoms with E-state index in [1.165, 1.54) is 4.90 Å². The van der Waals surface area contributed by atoms with Gasteiger partial charge in [-0.1, -0.05) is 5.16 Å². The Bertz CT molecular complexity index is 639. The first-order valence-electron chi connectivity index (χ1n) is 7.59. The van der Waals surface area contributed by atoms with Gasteiger partial charge in [-0.15, -0.1) is 0 Å². The minimum absolute atomic E-state index is 0.0374. The van der Waals surface area contributed by atoms with Crippen molar-refractivity contribution in [2.75, 3.05) is 13.2 Å². The van der Waals surface area contributed by atoms with Crippen LogP contribution in [0.5, 0.6) is 5.75 Å². The first-order valence-corrected chi connectivity index (χ1v) is 7.59. The van der Waals surface area contributed by atoms with Crippen molar-refractivity contribution in [2.24, 2.45) is 10.9 Å². The number of aliphatic hydroxyl groups is 1. The fourth-order valence-corrected chi connectivity index (χ4v) is 2.33. The number of nitrogens with zero attached hydrogens (tertiary/aromatic N) is 2. The van der Waals surface area contributed by atoms with Gasteiger partial charge in [0.25, 0.3) is 0 Å². The molecule has 0 saturated heterocycles. The van der Waals surface area contributed by atoms with Crippen LogP contribution < -0.4 is 10.5 Å². The Morgan fingerprint density at radius 3 is 2.79 bits per heavy atom. The van der Waals surface area contributed by atoms with Gasteiger partial charge in [-0.25, -0.2) is 4.79 Å². The lowest BCUT2D eigenvalue weighted by atomic mass is 10.1. The summed E-state index contributed by atoms with van der Waals surface area (Å²) < 4.78 is 11.1. The summed E-state index contributed by atoms with van der Waals surface area (Å²) in [5.74, 6) is 0.540. The van der Waals surface area contributed by atoms with E-state index in [1.54, 1.807) is 39.0 Å². The second-order valence-corrected chi connectivity index (χ2v) is 6.56. The van der Waals surface area contributed by atoms with E-state index >= 15 is 0 Å². The molecule has 24 heavy (non-hydrogen) atoms. The van der Waals surface area contributed by atoms with Crippen LogP contribution in [0.4, 0.5) is 4.79 Å². The lowest BCUT2D eigenvalue weighted by Gasteiger charge is -2.30. The van der Waals surface area contributed by atoms with E-state index in [0.717, 1.165) is 0 Å². The Hall–Kier alpha value is -2.48. The Labute approximate surface area is 140 Å². The van der Waals surface area contributed by atoms with Crippen LogP contribution in [-0.2, 0) is 11.3 Å². The van der Waals surface area contributed by atoms with Crippen molar-refractivity contribution in [3.63, 3.8) is 0 Å². The van der Waals surface area contributed by atoms with Gasteiger partial charge in [0.1, 0.15) is 18.0 Å². The number of ether oxygens (including phenoxy) is 2. The number of rotatable bonds is 2. The second kappa shape index (κ2) is 6.96. The molecule has 1 aromatic rings. The molecule has 0 bridgehead atoms. The van der Waals surface area contributed by atoms with Crippen LogP contribution in [0.3, 0.4) is 0 Å². The van der Waals surface area contributed by atoms with Gasteiger partial charge in [0.05, 0.1) is 19.2 Å². The molecular weight excluding hydrogens is 314 g/mol. The largest absolute Gasteiger partial charge is 0.491 e. The number of nitrogens with two attached hydrogens (primary N) is 1. The van der Waals surface area contributed by atoms with Gasteiger partial charge in [-0.2, -0.15) is 0 Å². The molecule has 4 N–H and O–H groups in total. The molecule has 0 saturated carbocycles. The number of aliphatic hydroxyl groups excluding tert-OH is 1. The van der Waals surface area contributed by atoms with Crippen LogP contribution in [0, 0.1) is 0 Å². The molecule has 132 valence electrons. The molecule has 0 fully saturated rings. The van der Waals surface area contributed by atoms with Crippen molar-refractivity contribution in [1.82, 2.24) is 4.90 Å².